The third kappa shape index (κ3) is 5.56. The van der Waals surface area contributed by atoms with E-state index in [2.05, 4.69) is 28.3 Å². The van der Waals surface area contributed by atoms with Crippen molar-refractivity contribution in [1.82, 2.24) is 0 Å². The van der Waals surface area contributed by atoms with E-state index >= 15 is 0 Å². The highest BCUT2D eigenvalue weighted by Crippen LogP contribution is 2.20. The summed E-state index contributed by atoms with van der Waals surface area (Å²) in [5, 5.41) is 6.78. The molecular weight excluding hydrogens is 402 g/mol. The van der Waals surface area contributed by atoms with Gasteiger partial charge in [0, 0.05) is 17.1 Å². The molecule has 0 saturated heterocycles. The summed E-state index contributed by atoms with van der Waals surface area (Å²) >= 11 is 5.39. The summed E-state index contributed by atoms with van der Waals surface area (Å²) in [6.45, 7) is 4.00. The third-order valence-corrected chi connectivity index (χ3v) is 5.97. The van der Waals surface area contributed by atoms with Crippen LogP contribution in [0.25, 0.3) is 0 Å². The predicted octanol–water partition coefficient (Wildman–Crippen LogP) is 5.17. The first kappa shape index (κ1) is 20.8. The monoisotopic (exact) mass is 425 g/mol. The van der Waals surface area contributed by atoms with Crippen molar-refractivity contribution in [2.75, 3.05) is 15.4 Å². The molecule has 0 unspecified atom stereocenters. The normalized spacial score (nSPS) is 11.0. The van der Waals surface area contributed by atoms with E-state index in [9.17, 15) is 8.42 Å². The molecule has 0 amide bonds. The quantitative estimate of drug-likeness (QED) is 0.476. The molecule has 0 radical (unpaired) electrons. The van der Waals surface area contributed by atoms with Crippen LogP contribution in [0.2, 0.25) is 0 Å². The average Bonchev–Trinajstić information content (AvgIpc) is 2.70. The number of nitrogens with one attached hydrogen (secondary N) is 3. The van der Waals surface area contributed by atoms with E-state index in [0.29, 0.717) is 10.8 Å². The summed E-state index contributed by atoms with van der Waals surface area (Å²) in [6.07, 6.45) is 0.904. The van der Waals surface area contributed by atoms with Gasteiger partial charge in [-0.1, -0.05) is 42.8 Å². The Morgan fingerprint density at radius 1 is 0.862 bits per heavy atom. The maximum absolute atomic E-state index is 12.5. The zero-order valence-corrected chi connectivity index (χ0v) is 17.9. The molecule has 0 fully saturated rings. The molecule has 0 bridgehead atoms. The van der Waals surface area contributed by atoms with Crippen LogP contribution in [0.3, 0.4) is 0 Å². The smallest absolute Gasteiger partial charge is 0.261 e. The van der Waals surface area contributed by atoms with Crippen molar-refractivity contribution in [3.05, 3.63) is 83.9 Å². The van der Waals surface area contributed by atoms with Gasteiger partial charge in [0.1, 0.15) is 0 Å². The summed E-state index contributed by atoms with van der Waals surface area (Å²) < 4.78 is 27.5. The van der Waals surface area contributed by atoms with E-state index in [4.69, 9.17) is 12.2 Å². The van der Waals surface area contributed by atoms with E-state index in [1.54, 1.807) is 48.5 Å². The van der Waals surface area contributed by atoms with Crippen molar-refractivity contribution in [2.24, 2.45) is 0 Å². The molecule has 0 saturated carbocycles. The van der Waals surface area contributed by atoms with Crippen molar-refractivity contribution >= 4 is 44.4 Å². The fourth-order valence-corrected chi connectivity index (χ4v) is 4.07. The van der Waals surface area contributed by atoms with Gasteiger partial charge in [-0.25, -0.2) is 8.42 Å². The zero-order chi connectivity index (χ0) is 20.9. The van der Waals surface area contributed by atoms with Crippen molar-refractivity contribution in [2.45, 2.75) is 25.2 Å². The minimum Gasteiger partial charge on any atom is -0.332 e. The van der Waals surface area contributed by atoms with Crippen LogP contribution >= 0.6 is 12.2 Å². The lowest BCUT2D eigenvalue weighted by Gasteiger charge is -2.14. The molecule has 3 rings (SSSR count). The number of anilines is 3. The molecule has 0 aliphatic rings. The molecule has 3 aromatic carbocycles. The second-order valence-corrected chi connectivity index (χ2v) is 8.68. The Balaban J connectivity index is 1.64. The van der Waals surface area contributed by atoms with Gasteiger partial charge in [0.2, 0.25) is 0 Å². The van der Waals surface area contributed by atoms with Gasteiger partial charge in [-0.2, -0.15) is 0 Å². The van der Waals surface area contributed by atoms with Crippen LogP contribution in [0.15, 0.2) is 77.7 Å². The fourth-order valence-electron chi connectivity index (χ4n) is 2.79. The minimum absolute atomic E-state index is 0.227. The van der Waals surface area contributed by atoms with Gasteiger partial charge in [0.15, 0.2) is 5.11 Å². The summed E-state index contributed by atoms with van der Waals surface area (Å²) in [7, 11) is -3.62. The highest BCUT2D eigenvalue weighted by molar-refractivity contribution is 7.92. The second-order valence-electron chi connectivity index (χ2n) is 6.59. The van der Waals surface area contributed by atoms with Crippen molar-refractivity contribution in [3.8, 4) is 0 Å². The van der Waals surface area contributed by atoms with Crippen LogP contribution in [-0.2, 0) is 16.4 Å². The Kier molecular flexibility index (Phi) is 6.51. The van der Waals surface area contributed by atoms with E-state index < -0.39 is 10.0 Å². The lowest BCUT2D eigenvalue weighted by Crippen LogP contribution is -2.20. The molecule has 3 N–H and O–H groups in total. The second kappa shape index (κ2) is 9.07. The molecule has 0 aromatic heterocycles. The van der Waals surface area contributed by atoms with Gasteiger partial charge in [0.25, 0.3) is 10.0 Å². The summed E-state index contributed by atoms with van der Waals surface area (Å²) in [5.41, 5.74) is 4.39. The third-order valence-electron chi connectivity index (χ3n) is 4.37. The van der Waals surface area contributed by atoms with E-state index in [1.807, 2.05) is 25.1 Å². The van der Waals surface area contributed by atoms with Gasteiger partial charge >= 0.3 is 0 Å². The Bertz CT molecular complexity index is 1090. The number of benzene rings is 3. The Labute approximate surface area is 177 Å². The number of hydrogen-bond acceptors (Lipinski definition) is 3. The molecule has 3 aromatic rings. The Morgan fingerprint density at radius 2 is 1.48 bits per heavy atom. The summed E-state index contributed by atoms with van der Waals surface area (Å²) in [5.74, 6) is 0. The largest absolute Gasteiger partial charge is 0.332 e. The number of rotatable bonds is 6. The minimum atomic E-state index is -3.62. The van der Waals surface area contributed by atoms with Crippen molar-refractivity contribution in [3.63, 3.8) is 0 Å². The summed E-state index contributed by atoms with van der Waals surface area (Å²) in [4.78, 5) is 0.227. The van der Waals surface area contributed by atoms with E-state index in [0.717, 1.165) is 23.4 Å². The molecule has 7 heteroatoms. The van der Waals surface area contributed by atoms with Crippen molar-refractivity contribution in [1.29, 1.82) is 0 Å². The highest BCUT2D eigenvalue weighted by Gasteiger charge is 2.13. The summed E-state index contributed by atoms with van der Waals surface area (Å²) in [6, 6.07) is 21.6. The fraction of sp³-hybridized carbons (Fsp3) is 0.136. The van der Waals surface area contributed by atoms with Crippen LogP contribution < -0.4 is 15.4 Å². The van der Waals surface area contributed by atoms with Crippen LogP contribution in [0.4, 0.5) is 17.1 Å². The lowest BCUT2D eigenvalue weighted by atomic mass is 10.1. The molecule has 150 valence electrons. The van der Waals surface area contributed by atoms with E-state index in [1.165, 1.54) is 5.56 Å². The number of aryl methyl sites for hydroxylation is 2. The Morgan fingerprint density at radius 3 is 2.14 bits per heavy atom. The SMILES string of the molecule is CCc1ccccc1NC(=S)Nc1ccc(NS(=O)(=O)c2ccc(C)cc2)cc1. The molecule has 29 heavy (non-hydrogen) atoms. The topological polar surface area (TPSA) is 70.2 Å². The lowest BCUT2D eigenvalue weighted by molar-refractivity contribution is 0.601. The van der Waals surface area contributed by atoms with Crippen LogP contribution in [-0.4, -0.2) is 13.5 Å². The molecular formula is C22H23N3O2S2. The zero-order valence-electron chi connectivity index (χ0n) is 16.3. The van der Waals surface area contributed by atoms with Gasteiger partial charge in [-0.15, -0.1) is 0 Å². The standard InChI is InChI=1S/C22H23N3O2S2/c1-3-17-6-4-5-7-21(17)24-22(28)23-18-10-12-19(13-11-18)25-29(26,27)20-14-8-16(2)9-15-20/h4-15,25H,3H2,1-2H3,(H2,23,24,28). The predicted molar refractivity (Wildman–Crippen MR) is 124 cm³/mol. The van der Waals surface area contributed by atoms with Gasteiger partial charge in [-0.05, 0) is 73.6 Å². The van der Waals surface area contributed by atoms with Gasteiger partial charge < -0.3 is 10.6 Å². The maximum Gasteiger partial charge on any atom is 0.261 e. The number of hydrogen-bond donors (Lipinski definition) is 3. The molecule has 0 atom stereocenters. The van der Waals surface area contributed by atoms with Crippen LogP contribution in [0, 0.1) is 6.92 Å². The number of sulfonamides is 1. The molecule has 5 nitrogen and oxygen atoms in total. The number of para-hydroxylation sites is 1. The van der Waals surface area contributed by atoms with Crippen LogP contribution in [0.5, 0.6) is 0 Å². The Hall–Kier alpha value is -2.90. The number of thiocarbonyl (C=S) groups is 1. The van der Waals surface area contributed by atoms with Gasteiger partial charge in [0.05, 0.1) is 4.90 Å². The first-order valence-electron chi connectivity index (χ1n) is 9.23. The average molecular weight is 426 g/mol. The highest BCUT2D eigenvalue weighted by atomic mass is 32.2. The molecule has 0 spiro atoms. The first-order chi connectivity index (χ1) is 13.9. The van der Waals surface area contributed by atoms with E-state index in [-0.39, 0.29) is 4.90 Å². The molecule has 0 aliphatic carbocycles. The molecule has 0 aliphatic heterocycles. The van der Waals surface area contributed by atoms with Crippen LogP contribution in [0.1, 0.15) is 18.1 Å². The van der Waals surface area contributed by atoms with Crippen molar-refractivity contribution < 1.29 is 8.42 Å². The molecule has 0 heterocycles. The maximum atomic E-state index is 12.5. The van der Waals surface area contributed by atoms with Gasteiger partial charge in [-0.3, -0.25) is 4.72 Å². The first-order valence-corrected chi connectivity index (χ1v) is 11.1.